The molecule has 114 valence electrons. The molecule has 3 nitrogen and oxygen atoms in total. The Labute approximate surface area is 138 Å². The fraction of sp³-hybridized carbons (Fsp3) is 0.333. The van der Waals surface area contributed by atoms with E-state index >= 15 is 0 Å². The molecule has 1 aromatic heterocycles. The quantitative estimate of drug-likeness (QED) is 0.718. The molecule has 2 aromatic rings. The predicted molar refractivity (Wildman–Crippen MR) is 88.9 cm³/mol. The van der Waals surface area contributed by atoms with Crippen molar-refractivity contribution in [1.82, 2.24) is 5.32 Å². The summed E-state index contributed by atoms with van der Waals surface area (Å²) in [7, 11) is 0. The smallest absolute Gasteiger partial charge is 0.138 e. The van der Waals surface area contributed by atoms with Gasteiger partial charge in [-0.2, -0.15) is 0 Å². The standard InChI is InChI=1S/C15H17Cl2NO2S/c16-13-3-1-2-4-14(13)20-10-11(19)9-18-8-7-12-5-6-15(17)21-12/h1-6,11,18-19H,7-10H2. The molecule has 2 rings (SSSR count). The third-order valence-corrected chi connectivity index (χ3v) is 4.43. The number of hydrogen-bond donors (Lipinski definition) is 2. The number of rotatable bonds is 8. The molecule has 0 saturated heterocycles. The van der Waals surface area contributed by atoms with E-state index in [2.05, 4.69) is 5.32 Å². The van der Waals surface area contributed by atoms with Gasteiger partial charge in [0, 0.05) is 18.0 Å². The van der Waals surface area contributed by atoms with Gasteiger partial charge in [-0.05, 0) is 30.7 Å². The van der Waals surface area contributed by atoms with Crippen LogP contribution in [0.3, 0.4) is 0 Å². The van der Waals surface area contributed by atoms with Gasteiger partial charge in [0.15, 0.2) is 0 Å². The third kappa shape index (κ3) is 5.85. The van der Waals surface area contributed by atoms with Crippen molar-refractivity contribution in [2.24, 2.45) is 0 Å². The van der Waals surface area contributed by atoms with Gasteiger partial charge in [-0.1, -0.05) is 35.3 Å². The lowest BCUT2D eigenvalue weighted by Gasteiger charge is -2.13. The maximum Gasteiger partial charge on any atom is 0.138 e. The molecule has 0 bridgehead atoms. The van der Waals surface area contributed by atoms with Gasteiger partial charge in [0.1, 0.15) is 18.5 Å². The van der Waals surface area contributed by atoms with E-state index in [1.165, 1.54) is 4.88 Å². The Kier molecular flexibility index (Phi) is 6.80. The molecule has 0 aliphatic carbocycles. The minimum Gasteiger partial charge on any atom is -0.489 e. The topological polar surface area (TPSA) is 41.5 Å². The van der Waals surface area contributed by atoms with Crippen LogP contribution in [0.4, 0.5) is 0 Å². The Morgan fingerprint density at radius 2 is 2.00 bits per heavy atom. The van der Waals surface area contributed by atoms with Crippen LogP contribution in [0, 0.1) is 0 Å². The molecule has 1 atom stereocenters. The van der Waals surface area contributed by atoms with E-state index in [4.69, 9.17) is 27.9 Å². The lowest BCUT2D eigenvalue weighted by atomic mass is 10.3. The van der Waals surface area contributed by atoms with Crippen LogP contribution in [0.15, 0.2) is 36.4 Å². The van der Waals surface area contributed by atoms with Gasteiger partial charge in [-0.3, -0.25) is 0 Å². The molecular formula is C15H17Cl2NO2S. The van der Waals surface area contributed by atoms with E-state index in [0.717, 1.165) is 17.3 Å². The lowest BCUT2D eigenvalue weighted by Crippen LogP contribution is -2.32. The first-order valence-electron chi connectivity index (χ1n) is 6.65. The van der Waals surface area contributed by atoms with E-state index in [9.17, 15) is 5.11 Å². The zero-order valence-corrected chi connectivity index (χ0v) is 13.7. The summed E-state index contributed by atoms with van der Waals surface area (Å²) in [6, 6.07) is 11.1. The molecule has 21 heavy (non-hydrogen) atoms. The van der Waals surface area contributed by atoms with Crippen LogP contribution in [0.1, 0.15) is 4.88 Å². The zero-order chi connectivity index (χ0) is 15.1. The maximum atomic E-state index is 9.85. The number of para-hydroxylation sites is 1. The molecule has 1 unspecified atom stereocenters. The van der Waals surface area contributed by atoms with Crippen molar-refractivity contribution in [3.63, 3.8) is 0 Å². The fourth-order valence-corrected chi connectivity index (χ4v) is 3.05. The zero-order valence-electron chi connectivity index (χ0n) is 11.4. The number of aliphatic hydroxyl groups excluding tert-OH is 1. The molecule has 0 aliphatic heterocycles. The van der Waals surface area contributed by atoms with Crippen LogP contribution >= 0.6 is 34.5 Å². The van der Waals surface area contributed by atoms with E-state index in [0.29, 0.717) is 17.3 Å². The Morgan fingerprint density at radius 3 is 2.71 bits per heavy atom. The molecule has 1 heterocycles. The maximum absolute atomic E-state index is 9.85. The summed E-state index contributed by atoms with van der Waals surface area (Å²) in [5.74, 6) is 0.589. The van der Waals surface area contributed by atoms with E-state index in [-0.39, 0.29) is 6.61 Å². The Balaban J connectivity index is 1.61. The summed E-state index contributed by atoms with van der Waals surface area (Å²) in [6.07, 6.45) is 0.323. The largest absolute Gasteiger partial charge is 0.489 e. The van der Waals surface area contributed by atoms with Gasteiger partial charge < -0.3 is 15.2 Å². The monoisotopic (exact) mass is 345 g/mol. The highest BCUT2D eigenvalue weighted by Crippen LogP contribution is 2.23. The van der Waals surface area contributed by atoms with Gasteiger partial charge in [0.2, 0.25) is 0 Å². The number of hydrogen-bond acceptors (Lipinski definition) is 4. The summed E-state index contributed by atoms with van der Waals surface area (Å²) in [6.45, 7) is 1.48. The molecule has 0 saturated carbocycles. The molecule has 2 N–H and O–H groups in total. The Bertz CT molecular complexity index is 562. The Morgan fingerprint density at radius 1 is 1.19 bits per heavy atom. The molecule has 0 amide bonds. The molecule has 6 heteroatoms. The highest BCUT2D eigenvalue weighted by molar-refractivity contribution is 7.16. The van der Waals surface area contributed by atoms with Gasteiger partial charge >= 0.3 is 0 Å². The van der Waals surface area contributed by atoms with Gasteiger partial charge in [-0.25, -0.2) is 0 Å². The SMILES string of the molecule is OC(CNCCc1ccc(Cl)s1)COc1ccccc1Cl. The second-order valence-electron chi connectivity index (χ2n) is 4.56. The first kappa shape index (κ1) is 16.6. The summed E-state index contributed by atoms with van der Waals surface area (Å²) in [4.78, 5) is 1.23. The number of thiophene rings is 1. The van der Waals surface area contributed by atoms with Crippen LogP contribution in [-0.4, -0.2) is 30.9 Å². The van der Waals surface area contributed by atoms with E-state index in [1.807, 2.05) is 24.3 Å². The fourth-order valence-electron chi connectivity index (χ4n) is 1.77. The summed E-state index contributed by atoms with van der Waals surface area (Å²) in [5.41, 5.74) is 0. The second kappa shape index (κ2) is 8.61. The summed E-state index contributed by atoms with van der Waals surface area (Å²) >= 11 is 13.4. The second-order valence-corrected chi connectivity index (χ2v) is 6.76. The third-order valence-electron chi connectivity index (χ3n) is 2.82. The van der Waals surface area contributed by atoms with Gasteiger partial charge in [0.05, 0.1) is 9.36 Å². The van der Waals surface area contributed by atoms with Crippen LogP contribution in [0.2, 0.25) is 9.36 Å². The van der Waals surface area contributed by atoms with Crippen LogP contribution in [-0.2, 0) is 6.42 Å². The first-order chi connectivity index (χ1) is 10.1. The molecule has 0 radical (unpaired) electrons. The number of ether oxygens (including phenoxy) is 1. The summed E-state index contributed by atoms with van der Waals surface area (Å²) < 4.78 is 6.28. The Hall–Kier alpha value is -0.780. The molecule has 0 fully saturated rings. The van der Waals surface area contributed by atoms with Crippen molar-refractivity contribution in [3.05, 3.63) is 50.6 Å². The molecule has 0 spiro atoms. The van der Waals surface area contributed by atoms with Crippen LogP contribution < -0.4 is 10.1 Å². The van der Waals surface area contributed by atoms with Crippen molar-refractivity contribution in [3.8, 4) is 5.75 Å². The highest BCUT2D eigenvalue weighted by Gasteiger charge is 2.07. The van der Waals surface area contributed by atoms with Crippen LogP contribution in [0.25, 0.3) is 0 Å². The van der Waals surface area contributed by atoms with Crippen molar-refractivity contribution in [1.29, 1.82) is 0 Å². The van der Waals surface area contributed by atoms with Crippen LogP contribution in [0.5, 0.6) is 5.75 Å². The van der Waals surface area contributed by atoms with E-state index in [1.54, 1.807) is 23.5 Å². The molecular weight excluding hydrogens is 329 g/mol. The van der Waals surface area contributed by atoms with Gasteiger partial charge in [-0.15, -0.1) is 11.3 Å². The first-order valence-corrected chi connectivity index (χ1v) is 8.22. The lowest BCUT2D eigenvalue weighted by molar-refractivity contribution is 0.107. The van der Waals surface area contributed by atoms with Crippen molar-refractivity contribution in [2.75, 3.05) is 19.7 Å². The predicted octanol–water partition coefficient (Wildman–Crippen LogP) is 3.63. The number of aliphatic hydroxyl groups is 1. The van der Waals surface area contributed by atoms with Crippen molar-refractivity contribution < 1.29 is 9.84 Å². The average molecular weight is 346 g/mol. The highest BCUT2D eigenvalue weighted by atomic mass is 35.5. The minimum absolute atomic E-state index is 0.210. The van der Waals surface area contributed by atoms with E-state index < -0.39 is 6.10 Å². The number of nitrogens with one attached hydrogen (secondary N) is 1. The minimum atomic E-state index is -0.576. The van der Waals surface area contributed by atoms with Gasteiger partial charge in [0.25, 0.3) is 0 Å². The number of benzene rings is 1. The summed E-state index contributed by atoms with van der Waals surface area (Å²) in [5, 5.41) is 13.6. The molecule has 1 aromatic carbocycles. The average Bonchev–Trinajstić information content (AvgIpc) is 2.88. The number of halogens is 2. The normalized spacial score (nSPS) is 12.3. The van der Waals surface area contributed by atoms with Crippen molar-refractivity contribution in [2.45, 2.75) is 12.5 Å². The molecule has 0 aliphatic rings. The van der Waals surface area contributed by atoms with Crippen molar-refractivity contribution >= 4 is 34.5 Å².